The lowest BCUT2D eigenvalue weighted by Gasteiger charge is -2.49. The van der Waals surface area contributed by atoms with Gasteiger partial charge < -0.3 is 34.6 Å². The van der Waals surface area contributed by atoms with Gasteiger partial charge >= 0.3 is 0 Å². The molecule has 0 aromatic heterocycles. The van der Waals surface area contributed by atoms with Crippen LogP contribution in [0.3, 0.4) is 0 Å². The van der Waals surface area contributed by atoms with Crippen molar-refractivity contribution in [2.45, 2.75) is 81.6 Å². The minimum atomic E-state index is -1.45. The predicted octanol–water partition coefficient (Wildman–Crippen LogP) is -0.295. The molecule has 0 saturated carbocycles. The summed E-state index contributed by atoms with van der Waals surface area (Å²) >= 11 is 0. The van der Waals surface area contributed by atoms with Gasteiger partial charge in [0.15, 0.2) is 6.29 Å². The summed E-state index contributed by atoms with van der Waals surface area (Å²) in [5.41, 5.74) is -1.10. The molecule has 0 spiro atoms. The van der Waals surface area contributed by atoms with Crippen LogP contribution in [0.15, 0.2) is 12.7 Å². The fourth-order valence-corrected chi connectivity index (χ4v) is 3.20. The van der Waals surface area contributed by atoms with Crippen molar-refractivity contribution in [2.75, 3.05) is 6.61 Å². The van der Waals surface area contributed by atoms with Crippen molar-refractivity contribution in [1.82, 2.24) is 0 Å². The molecule has 2 aliphatic rings. The third-order valence-electron chi connectivity index (χ3n) is 4.75. The van der Waals surface area contributed by atoms with Gasteiger partial charge in [-0.15, -0.1) is 6.58 Å². The topological polar surface area (TPSA) is 109 Å². The SMILES string of the molecule is C=CC1(C)CCC(OC2OC(CO)C(O)C(O)C2O)C(C)(C)O1. The molecule has 2 rings (SSSR count). The van der Waals surface area contributed by atoms with E-state index in [1.54, 1.807) is 6.08 Å². The van der Waals surface area contributed by atoms with Crippen molar-refractivity contribution in [3.8, 4) is 0 Å². The number of ether oxygens (including phenoxy) is 3. The summed E-state index contributed by atoms with van der Waals surface area (Å²) in [5.74, 6) is 0. The monoisotopic (exact) mass is 332 g/mol. The first-order chi connectivity index (χ1) is 10.6. The fraction of sp³-hybridized carbons (Fsp3) is 0.875. The summed E-state index contributed by atoms with van der Waals surface area (Å²) in [6.07, 6.45) is -3.64. The highest BCUT2D eigenvalue weighted by molar-refractivity contribution is 5.02. The number of hydrogen-bond donors (Lipinski definition) is 4. The van der Waals surface area contributed by atoms with Crippen molar-refractivity contribution in [3.05, 3.63) is 12.7 Å². The maximum atomic E-state index is 10.1. The van der Waals surface area contributed by atoms with Gasteiger partial charge in [0.2, 0.25) is 0 Å². The molecule has 7 unspecified atom stereocenters. The molecule has 7 nitrogen and oxygen atoms in total. The Balaban J connectivity index is 2.07. The molecular formula is C16H28O7. The Morgan fingerprint density at radius 2 is 1.83 bits per heavy atom. The Kier molecular flexibility index (Phi) is 5.52. The van der Waals surface area contributed by atoms with Crippen LogP contribution in [0.25, 0.3) is 0 Å². The fourth-order valence-electron chi connectivity index (χ4n) is 3.20. The van der Waals surface area contributed by atoms with E-state index in [9.17, 15) is 20.4 Å². The van der Waals surface area contributed by atoms with Gasteiger partial charge in [0.25, 0.3) is 0 Å². The van der Waals surface area contributed by atoms with Crippen LogP contribution in [0, 0.1) is 0 Å². The van der Waals surface area contributed by atoms with Crippen molar-refractivity contribution < 1.29 is 34.6 Å². The molecule has 0 radical (unpaired) electrons. The van der Waals surface area contributed by atoms with E-state index in [0.717, 1.165) is 0 Å². The normalized spacial score (nSPS) is 47.3. The zero-order valence-electron chi connectivity index (χ0n) is 13.9. The first-order valence-corrected chi connectivity index (χ1v) is 7.93. The smallest absolute Gasteiger partial charge is 0.187 e. The van der Waals surface area contributed by atoms with Gasteiger partial charge in [0.05, 0.1) is 23.9 Å². The molecule has 0 bridgehead atoms. The van der Waals surface area contributed by atoms with E-state index in [-0.39, 0.29) is 6.10 Å². The third kappa shape index (κ3) is 3.76. The first kappa shape index (κ1) is 18.8. The molecule has 4 N–H and O–H groups in total. The second kappa shape index (κ2) is 6.76. The summed E-state index contributed by atoms with van der Waals surface area (Å²) < 4.78 is 17.3. The van der Waals surface area contributed by atoms with E-state index in [1.807, 2.05) is 20.8 Å². The summed E-state index contributed by atoms with van der Waals surface area (Å²) in [7, 11) is 0. The molecule has 0 aromatic rings. The number of aliphatic hydroxyl groups is 4. The molecule has 2 aliphatic heterocycles. The van der Waals surface area contributed by atoms with Gasteiger partial charge in [-0.2, -0.15) is 0 Å². The Labute approximate surface area is 136 Å². The van der Waals surface area contributed by atoms with E-state index >= 15 is 0 Å². The minimum absolute atomic E-state index is 0.378. The van der Waals surface area contributed by atoms with Gasteiger partial charge in [-0.3, -0.25) is 0 Å². The molecule has 2 fully saturated rings. The minimum Gasteiger partial charge on any atom is -0.394 e. The van der Waals surface area contributed by atoms with Crippen LogP contribution in [0.2, 0.25) is 0 Å². The van der Waals surface area contributed by atoms with E-state index in [1.165, 1.54) is 0 Å². The highest BCUT2D eigenvalue weighted by Crippen LogP contribution is 2.39. The summed E-state index contributed by atoms with van der Waals surface area (Å²) in [6.45, 7) is 9.02. The number of aliphatic hydroxyl groups excluding tert-OH is 4. The Hall–Kier alpha value is -0.540. The molecule has 0 amide bonds. The lowest BCUT2D eigenvalue weighted by Crippen LogP contribution is -2.61. The van der Waals surface area contributed by atoms with Crippen molar-refractivity contribution >= 4 is 0 Å². The largest absolute Gasteiger partial charge is 0.394 e. The van der Waals surface area contributed by atoms with Crippen LogP contribution < -0.4 is 0 Å². The first-order valence-electron chi connectivity index (χ1n) is 7.93. The molecular weight excluding hydrogens is 304 g/mol. The van der Waals surface area contributed by atoms with Crippen LogP contribution in [0.1, 0.15) is 33.6 Å². The Morgan fingerprint density at radius 3 is 2.35 bits per heavy atom. The maximum Gasteiger partial charge on any atom is 0.187 e. The molecule has 134 valence electrons. The maximum absolute atomic E-state index is 10.1. The van der Waals surface area contributed by atoms with Gasteiger partial charge in [-0.05, 0) is 33.6 Å². The predicted molar refractivity (Wildman–Crippen MR) is 81.6 cm³/mol. The van der Waals surface area contributed by atoms with E-state index in [4.69, 9.17) is 14.2 Å². The molecule has 23 heavy (non-hydrogen) atoms. The van der Waals surface area contributed by atoms with Crippen LogP contribution in [0.4, 0.5) is 0 Å². The van der Waals surface area contributed by atoms with Gasteiger partial charge in [-0.25, -0.2) is 0 Å². The van der Waals surface area contributed by atoms with E-state index in [2.05, 4.69) is 6.58 Å². The lowest BCUT2D eigenvalue weighted by atomic mass is 9.85. The van der Waals surface area contributed by atoms with Gasteiger partial charge in [-0.1, -0.05) is 6.08 Å². The summed E-state index contributed by atoms with van der Waals surface area (Å²) in [6, 6.07) is 0. The second-order valence-corrected chi connectivity index (χ2v) is 7.08. The third-order valence-corrected chi connectivity index (χ3v) is 4.75. The van der Waals surface area contributed by atoms with E-state index < -0.39 is 48.5 Å². The highest BCUT2D eigenvalue weighted by atomic mass is 16.7. The zero-order valence-corrected chi connectivity index (χ0v) is 13.9. The average molecular weight is 332 g/mol. The Morgan fingerprint density at radius 1 is 1.17 bits per heavy atom. The zero-order chi connectivity index (χ0) is 17.4. The van der Waals surface area contributed by atoms with E-state index in [0.29, 0.717) is 12.8 Å². The van der Waals surface area contributed by atoms with Crippen LogP contribution in [-0.4, -0.2) is 75.0 Å². The van der Waals surface area contributed by atoms with Crippen molar-refractivity contribution in [2.24, 2.45) is 0 Å². The molecule has 0 aliphatic carbocycles. The molecule has 2 heterocycles. The van der Waals surface area contributed by atoms with Crippen LogP contribution in [-0.2, 0) is 14.2 Å². The van der Waals surface area contributed by atoms with Crippen molar-refractivity contribution in [3.63, 3.8) is 0 Å². The Bertz CT molecular complexity index is 425. The molecule has 2 saturated heterocycles. The second-order valence-electron chi connectivity index (χ2n) is 7.08. The van der Waals surface area contributed by atoms with Gasteiger partial charge in [0, 0.05) is 0 Å². The lowest BCUT2D eigenvalue weighted by molar-refractivity contribution is -0.334. The summed E-state index contributed by atoms with van der Waals surface area (Å²) in [4.78, 5) is 0. The average Bonchev–Trinajstić information content (AvgIpc) is 2.49. The molecule has 7 heteroatoms. The number of hydrogen-bond acceptors (Lipinski definition) is 7. The highest BCUT2D eigenvalue weighted by Gasteiger charge is 2.49. The van der Waals surface area contributed by atoms with Crippen LogP contribution in [0.5, 0.6) is 0 Å². The van der Waals surface area contributed by atoms with Crippen LogP contribution >= 0.6 is 0 Å². The standard InChI is InChI=1S/C16H28O7/c1-5-16(4)7-6-10(15(2,3)23-16)22-14-13(20)12(19)11(18)9(8-17)21-14/h5,9-14,17-20H,1,6-8H2,2-4H3. The quantitative estimate of drug-likeness (QED) is 0.524. The van der Waals surface area contributed by atoms with Gasteiger partial charge in [0.1, 0.15) is 24.4 Å². The summed E-state index contributed by atoms with van der Waals surface area (Å²) in [5, 5.41) is 38.9. The molecule has 0 aromatic carbocycles. The van der Waals surface area contributed by atoms with Crippen molar-refractivity contribution in [1.29, 1.82) is 0 Å². The number of rotatable bonds is 4. The molecule has 7 atom stereocenters.